The standard InChI is InChI=1S/C25H28O5/c1-16(2)5-4-6-17(3)7-11-20-18(9-14-23(28)25(20)30)8-13-22(27)21-12-10-19(26)15-24(21)29/h5,7-10,12-15,26,28-30H,4,6,11H2,1-3H3/b13-8+,17-7+. The molecule has 0 aromatic heterocycles. The molecule has 0 fully saturated rings. The van der Waals surface area contributed by atoms with Crippen molar-refractivity contribution in [3.63, 3.8) is 0 Å². The third kappa shape index (κ3) is 6.27. The zero-order valence-corrected chi connectivity index (χ0v) is 17.5. The normalized spacial score (nSPS) is 11.6. The number of carbonyl (C=O) groups excluding carboxylic acids is 1. The summed E-state index contributed by atoms with van der Waals surface area (Å²) in [6, 6.07) is 6.75. The van der Waals surface area contributed by atoms with Crippen LogP contribution in [0.1, 0.15) is 55.1 Å². The van der Waals surface area contributed by atoms with Gasteiger partial charge in [0.25, 0.3) is 0 Å². The first-order chi connectivity index (χ1) is 14.2. The number of carbonyl (C=O) groups is 1. The van der Waals surface area contributed by atoms with Crippen LogP contribution in [0.4, 0.5) is 0 Å². The second-order valence-electron chi connectivity index (χ2n) is 7.47. The third-order valence-electron chi connectivity index (χ3n) is 4.70. The monoisotopic (exact) mass is 408 g/mol. The first-order valence-electron chi connectivity index (χ1n) is 9.76. The van der Waals surface area contributed by atoms with Crippen LogP contribution in [0, 0.1) is 0 Å². The number of ketones is 1. The Balaban J connectivity index is 2.24. The maximum atomic E-state index is 12.4. The molecule has 0 radical (unpaired) electrons. The minimum Gasteiger partial charge on any atom is -0.508 e. The molecule has 0 bridgehead atoms. The summed E-state index contributed by atoms with van der Waals surface area (Å²) >= 11 is 0. The SMILES string of the molecule is CC(C)=CCC/C(C)=C/Cc1c(/C=C/C(=O)c2ccc(O)cc2O)ccc(O)c1O. The quantitative estimate of drug-likeness (QED) is 0.196. The number of aromatic hydroxyl groups is 4. The van der Waals surface area contributed by atoms with E-state index in [9.17, 15) is 25.2 Å². The number of allylic oxidation sites excluding steroid dienone is 5. The van der Waals surface area contributed by atoms with E-state index in [2.05, 4.69) is 19.9 Å². The number of phenolic OH excluding ortho intramolecular Hbond substituents is 4. The molecule has 2 rings (SSSR count). The summed E-state index contributed by atoms with van der Waals surface area (Å²) in [7, 11) is 0. The minimum atomic E-state index is -0.445. The zero-order chi connectivity index (χ0) is 22.3. The van der Waals surface area contributed by atoms with E-state index in [1.807, 2.05) is 13.0 Å². The molecule has 30 heavy (non-hydrogen) atoms. The molecule has 5 nitrogen and oxygen atoms in total. The van der Waals surface area contributed by atoms with Gasteiger partial charge in [0.05, 0.1) is 5.56 Å². The highest BCUT2D eigenvalue weighted by atomic mass is 16.3. The summed E-state index contributed by atoms with van der Waals surface area (Å²) in [6.45, 7) is 6.13. The number of hydrogen-bond donors (Lipinski definition) is 4. The van der Waals surface area contributed by atoms with Gasteiger partial charge in [-0.25, -0.2) is 0 Å². The molecule has 0 saturated heterocycles. The molecule has 0 unspecified atom stereocenters. The van der Waals surface area contributed by atoms with Crippen molar-refractivity contribution in [1.29, 1.82) is 0 Å². The molecule has 0 aliphatic carbocycles. The van der Waals surface area contributed by atoms with Crippen molar-refractivity contribution in [2.45, 2.75) is 40.0 Å². The number of rotatable bonds is 8. The van der Waals surface area contributed by atoms with Gasteiger partial charge in [-0.05, 0) is 69.9 Å². The lowest BCUT2D eigenvalue weighted by atomic mass is 9.99. The average Bonchev–Trinajstić information content (AvgIpc) is 2.67. The van der Waals surface area contributed by atoms with Gasteiger partial charge in [0.15, 0.2) is 17.3 Å². The summed E-state index contributed by atoms with van der Waals surface area (Å²) in [6.07, 6.45) is 9.23. The molecule has 2 aromatic carbocycles. The van der Waals surface area contributed by atoms with Crippen molar-refractivity contribution >= 4 is 11.9 Å². The predicted molar refractivity (Wildman–Crippen MR) is 119 cm³/mol. The Morgan fingerprint density at radius 1 is 0.933 bits per heavy atom. The largest absolute Gasteiger partial charge is 0.508 e. The van der Waals surface area contributed by atoms with Gasteiger partial charge in [0.1, 0.15) is 11.5 Å². The fourth-order valence-corrected chi connectivity index (χ4v) is 2.96. The predicted octanol–water partition coefficient (Wildman–Crippen LogP) is 5.64. The van der Waals surface area contributed by atoms with E-state index in [1.54, 1.807) is 6.07 Å². The molecule has 0 saturated carbocycles. The van der Waals surface area contributed by atoms with Crippen LogP contribution in [0.5, 0.6) is 23.0 Å². The fourth-order valence-electron chi connectivity index (χ4n) is 2.96. The van der Waals surface area contributed by atoms with Crippen molar-refractivity contribution < 1.29 is 25.2 Å². The molecule has 0 aliphatic rings. The third-order valence-corrected chi connectivity index (χ3v) is 4.70. The number of hydrogen-bond acceptors (Lipinski definition) is 5. The van der Waals surface area contributed by atoms with Crippen molar-refractivity contribution in [1.82, 2.24) is 0 Å². The van der Waals surface area contributed by atoms with Gasteiger partial charge in [0, 0.05) is 11.6 Å². The molecule has 0 atom stereocenters. The second-order valence-corrected chi connectivity index (χ2v) is 7.47. The van der Waals surface area contributed by atoms with Crippen molar-refractivity contribution in [3.8, 4) is 23.0 Å². The lowest BCUT2D eigenvalue weighted by Crippen LogP contribution is -1.95. The van der Waals surface area contributed by atoms with Crippen molar-refractivity contribution in [2.24, 2.45) is 0 Å². The van der Waals surface area contributed by atoms with E-state index >= 15 is 0 Å². The summed E-state index contributed by atoms with van der Waals surface area (Å²) in [5, 5.41) is 39.4. The van der Waals surface area contributed by atoms with Crippen LogP contribution in [-0.2, 0) is 6.42 Å². The molecule has 4 N–H and O–H groups in total. The molecule has 0 spiro atoms. The van der Waals surface area contributed by atoms with Gasteiger partial charge in [-0.3, -0.25) is 4.79 Å². The molecular formula is C25H28O5. The molecule has 5 heteroatoms. The van der Waals surface area contributed by atoms with Gasteiger partial charge in [0.2, 0.25) is 0 Å². The topological polar surface area (TPSA) is 98.0 Å². The Kier molecular flexibility index (Phi) is 7.87. The Bertz CT molecular complexity index is 1010. The second kappa shape index (κ2) is 10.3. The molecule has 2 aromatic rings. The number of benzene rings is 2. The zero-order valence-electron chi connectivity index (χ0n) is 17.5. The lowest BCUT2D eigenvalue weighted by molar-refractivity contribution is 0.104. The minimum absolute atomic E-state index is 0.0589. The van der Waals surface area contributed by atoms with E-state index in [-0.39, 0.29) is 28.6 Å². The Hall–Kier alpha value is -3.47. The Morgan fingerprint density at radius 2 is 1.67 bits per heavy atom. The highest BCUT2D eigenvalue weighted by Gasteiger charge is 2.12. The van der Waals surface area contributed by atoms with Crippen LogP contribution in [0.15, 0.2) is 59.7 Å². The summed E-state index contributed by atoms with van der Waals surface area (Å²) < 4.78 is 0. The molecule has 0 amide bonds. The average molecular weight is 408 g/mol. The van der Waals surface area contributed by atoms with Gasteiger partial charge in [-0.15, -0.1) is 0 Å². The van der Waals surface area contributed by atoms with Gasteiger partial charge < -0.3 is 20.4 Å². The maximum Gasteiger partial charge on any atom is 0.189 e. The van der Waals surface area contributed by atoms with E-state index in [0.717, 1.165) is 24.5 Å². The summed E-state index contributed by atoms with van der Waals surface area (Å²) in [5.41, 5.74) is 3.59. The van der Waals surface area contributed by atoms with Crippen LogP contribution >= 0.6 is 0 Å². The first kappa shape index (κ1) is 22.8. The Labute approximate surface area is 177 Å². The van der Waals surface area contributed by atoms with E-state index in [0.29, 0.717) is 17.5 Å². The highest BCUT2D eigenvalue weighted by Crippen LogP contribution is 2.33. The maximum absolute atomic E-state index is 12.4. The van der Waals surface area contributed by atoms with Gasteiger partial charge in [-0.2, -0.15) is 0 Å². The molecule has 0 aliphatic heterocycles. The van der Waals surface area contributed by atoms with Gasteiger partial charge in [-0.1, -0.05) is 35.4 Å². The smallest absolute Gasteiger partial charge is 0.189 e. The van der Waals surface area contributed by atoms with E-state index in [1.165, 1.54) is 35.9 Å². The Morgan fingerprint density at radius 3 is 2.33 bits per heavy atom. The lowest BCUT2D eigenvalue weighted by Gasteiger charge is -2.09. The van der Waals surface area contributed by atoms with Crippen molar-refractivity contribution in [2.75, 3.05) is 0 Å². The van der Waals surface area contributed by atoms with E-state index < -0.39 is 5.78 Å². The van der Waals surface area contributed by atoms with Crippen LogP contribution in [-0.4, -0.2) is 26.2 Å². The first-order valence-corrected chi connectivity index (χ1v) is 9.76. The molecule has 0 heterocycles. The summed E-state index contributed by atoms with van der Waals surface area (Å²) in [4.78, 5) is 12.4. The van der Waals surface area contributed by atoms with Crippen LogP contribution in [0.3, 0.4) is 0 Å². The van der Waals surface area contributed by atoms with Crippen LogP contribution in [0.25, 0.3) is 6.08 Å². The highest BCUT2D eigenvalue weighted by molar-refractivity contribution is 6.08. The fraction of sp³-hybridized carbons (Fsp3) is 0.240. The summed E-state index contributed by atoms with van der Waals surface area (Å²) in [5.74, 6) is -1.33. The van der Waals surface area contributed by atoms with Crippen LogP contribution < -0.4 is 0 Å². The number of phenols is 4. The van der Waals surface area contributed by atoms with Gasteiger partial charge >= 0.3 is 0 Å². The van der Waals surface area contributed by atoms with Crippen LogP contribution in [0.2, 0.25) is 0 Å². The molecular weight excluding hydrogens is 380 g/mol. The molecule has 158 valence electrons. The van der Waals surface area contributed by atoms with Crippen molar-refractivity contribution in [3.05, 3.63) is 76.4 Å². The van der Waals surface area contributed by atoms with E-state index in [4.69, 9.17) is 0 Å².